The van der Waals surface area contributed by atoms with E-state index in [1.54, 1.807) is 18.9 Å². The van der Waals surface area contributed by atoms with Gasteiger partial charge in [-0.25, -0.2) is 9.97 Å². The number of H-pyrrole nitrogens is 1. The number of rotatable bonds is 3. The standard InChI is InChI=1S/C10H14N6OS/c1-5-8(18-10(11)12-5)9(17)16(3)4-7-13-6(2)14-15-7/h4H2,1-3H3,(H2,11,12)(H,13,14,15). The lowest BCUT2D eigenvalue weighted by molar-refractivity contribution is 0.0785. The molecule has 0 atom stereocenters. The summed E-state index contributed by atoms with van der Waals surface area (Å²) in [6.07, 6.45) is 0. The summed E-state index contributed by atoms with van der Waals surface area (Å²) in [5.74, 6) is 1.19. The lowest BCUT2D eigenvalue weighted by atomic mass is 10.3. The third-order valence-electron chi connectivity index (χ3n) is 2.38. The summed E-state index contributed by atoms with van der Waals surface area (Å²) in [4.78, 5) is 22.5. The summed E-state index contributed by atoms with van der Waals surface area (Å²) >= 11 is 1.19. The van der Waals surface area contributed by atoms with Gasteiger partial charge in [0.2, 0.25) is 0 Å². The number of amides is 1. The fraction of sp³-hybridized carbons (Fsp3) is 0.400. The van der Waals surface area contributed by atoms with Crippen molar-refractivity contribution in [2.75, 3.05) is 12.8 Å². The van der Waals surface area contributed by atoms with Crippen LogP contribution in [0.25, 0.3) is 0 Å². The fourth-order valence-corrected chi connectivity index (χ4v) is 2.36. The van der Waals surface area contributed by atoms with Gasteiger partial charge in [-0.05, 0) is 13.8 Å². The van der Waals surface area contributed by atoms with Crippen molar-refractivity contribution >= 4 is 22.4 Å². The van der Waals surface area contributed by atoms with Gasteiger partial charge in [0.15, 0.2) is 11.0 Å². The number of nitrogens with one attached hydrogen (secondary N) is 1. The van der Waals surface area contributed by atoms with Crippen LogP contribution in [0.1, 0.15) is 27.0 Å². The fourth-order valence-electron chi connectivity index (χ4n) is 1.53. The molecule has 0 unspecified atom stereocenters. The summed E-state index contributed by atoms with van der Waals surface area (Å²) in [5, 5.41) is 7.13. The Kier molecular flexibility index (Phi) is 3.28. The largest absolute Gasteiger partial charge is 0.375 e. The molecule has 2 rings (SSSR count). The van der Waals surface area contributed by atoms with Gasteiger partial charge in [-0.2, -0.15) is 5.10 Å². The highest BCUT2D eigenvalue weighted by Gasteiger charge is 2.19. The molecule has 1 amide bonds. The number of hydrogen-bond donors (Lipinski definition) is 2. The lowest BCUT2D eigenvalue weighted by Gasteiger charge is -2.14. The third kappa shape index (κ3) is 2.48. The van der Waals surface area contributed by atoms with Crippen LogP contribution in [0.15, 0.2) is 0 Å². The van der Waals surface area contributed by atoms with Gasteiger partial charge in [-0.1, -0.05) is 11.3 Å². The zero-order valence-electron chi connectivity index (χ0n) is 10.4. The molecule has 3 N–H and O–H groups in total. The van der Waals surface area contributed by atoms with Crippen LogP contribution in [0, 0.1) is 13.8 Å². The molecule has 96 valence electrons. The molecule has 18 heavy (non-hydrogen) atoms. The van der Waals surface area contributed by atoms with Crippen molar-refractivity contribution in [2.24, 2.45) is 0 Å². The van der Waals surface area contributed by atoms with E-state index in [9.17, 15) is 4.79 Å². The van der Waals surface area contributed by atoms with Gasteiger partial charge in [0.1, 0.15) is 10.7 Å². The molecule has 8 heteroatoms. The van der Waals surface area contributed by atoms with Gasteiger partial charge < -0.3 is 10.6 Å². The zero-order chi connectivity index (χ0) is 13.3. The monoisotopic (exact) mass is 266 g/mol. The van der Waals surface area contributed by atoms with Gasteiger partial charge in [-0.15, -0.1) is 0 Å². The average Bonchev–Trinajstić information content (AvgIpc) is 2.84. The molecule has 0 aromatic carbocycles. The molecule has 7 nitrogen and oxygen atoms in total. The molecule has 0 aliphatic carbocycles. The van der Waals surface area contributed by atoms with Crippen LogP contribution < -0.4 is 5.73 Å². The lowest BCUT2D eigenvalue weighted by Crippen LogP contribution is -2.26. The van der Waals surface area contributed by atoms with E-state index in [4.69, 9.17) is 5.73 Å². The van der Waals surface area contributed by atoms with Crippen molar-refractivity contribution in [1.82, 2.24) is 25.1 Å². The van der Waals surface area contributed by atoms with Gasteiger partial charge >= 0.3 is 0 Å². The molecule has 2 heterocycles. The molecule has 0 saturated heterocycles. The van der Waals surface area contributed by atoms with Crippen LogP contribution in [0.2, 0.25) is 0 Å². The summed E-state index contributed by atoms with van der Waals surface area (Å²) < 4.78 is 0. The number of aromatic nitrogens is 4. The maximum atomic E-state index is 12.2. The number of aryl methyl sites for hydroxylation is 2. The van der Waals surface area contributed by atoms with E-state index in [0.29, 0.717) is 28.1 Å². The number of nitrogens with zero attached hydrogens (tertiary/aromatic N) is 4. The zero-order valence-corrected chi connectivity index (χ0v) is 11.2. The Morgan fingerprint density at radius 2 is 2.17 bits per heavy atom. The minimum atomic E-state index is -0.121. The summed E-state index contributed by atoms with van der Waals surface area (Å²) in [6.45, 7) is 3.93. The van der Waals surface area contributed by atoms with Crippen molar-refractivity contribution in [3.8, 4) is 0 Å². The van der Waals surface area contributed by atoms with Crippen LogP contribution in [0.3, 0.4) is 0 Å². The van der Waals surface area contributed by atoms with Crippen LogP contribution in [0.5, 0.6) is 0 Å². The second kappa shape index (κ2) is 4.73. The van der Waals surface area contributed by atoms with E-state index >= 15 is 0 Å². The number of thiazole rings is 1. The SMILES string of the molecule is Cc1nc(CN(C)C(=O)c2sc(N)nc2C)n[nH]1. The molecule has 2 aromatic rings. The first kappa shape index (κ1) is 12.5. The molecule has 0 radical (unpaired) electrons. The first-order valence-electron chi connectivity index (χ1n) is 5.33. The number of aromatic amines is 1. The minimum absolute atomic E-state index is 0.121. The highest BCUT2D eigenvalue weighted by Crippen LogP contribution is 2.21. The van der Waals surface area contributed by atoms with Crippen LogP contribution >= 0.6 is 11.3 Å². The summed E-state index contributed by atoms with van der Waals surface area (Å²) in [7, 11) is 1.70. The topological polar surface area (TPSA) is 101 Å². The predicted molar refractivity (Wildman–Crippen MR) is 68.2 cm³/mol. The first-order valence-corrected chi connectivity index (χ1v) is 6.15. The molecular weight excluding hydrogens is 252 g/mol. The van der Waals surface area contributed by atoms with Crippen LogP contribution in [0.4, 0.5) is 5.13 Å². The van der Waals surface area contributed by atoms with Crippen molar-refractivity contribution in [3.05, 3.63) is 22.2 Å². The Morgan fingerprint density at radius 1 is 1.44 bits per heavy atom. The molecule has 2 aromatic heterocycles. The Balaban J connectivity index is 2.11. The molecule has 0 aliphatic heterocycles. The maximum absolute atomic E-state index is 12.2. The van der Waals surface area contributed by atoms with Crippen molar-refractivity contribution in [3.63, 3.8) is 0 Å². The molecule has 0 spiro atoms. The van der Waals surface area contributed by atoms with Gasteiger partial charge in [0.25, 0.3) is 5.91 Å². The van der Waals surface area contributed by atoms with Crippen molar-refractivity contribution in [1.29, 1.82) is 0 Å². The quantitative estimate of drug-likeness (QED) is 0.853. The average molecular weight is 266 g/mol. The number of anilines is 1. The molecular formula is C10H14N6OS. The molecule has 0 fully saturated rings. The van der Waals surface area contributed by atoms with Gasteiger partial charge in [0.05, 0.1) is 12.2 Å². The van der Waals surface area contributed by atoms with E-state index in [0.717, 1.165) is 5.82 Å². The number of hydrogen-bond acceptors (Lipinski definition) is 6. The highest BCUT2D eigenvalue weighted by molar-refractivity contribution is 7.17. The number of nitrogens with two attached hydrogens (primary N) is 1. The van der Waals surface area contributed by atoms with E-state index in [-0.39, 0.29) is 5.91 Å². The second-order valence-corrected chi connectivity index (χ2v) is 5.00. The highest BCUT2D eigenvalue weighted by atomic mass is 32.1. The van der Waals surface area contributed by atoms with E-state index in [1.807, 2.05) is 6.92 Å². The Bertz CT molecular complexity index is 575. The maximum Gasteiger partial charge on any atom is 0.266 e. The van der Waals surface area contributed by atoms with E-state index in [1.165, 1.54) is 11.3 Å². The second-order valence-electron chi connectivity index (χ2n) is 3.96. The Hall–Kier alpha value is -1.96. The normalized spacial score (nSPS) is 10.6. The van der Waals surface area contributed by atoms with Crippen LogP contribution in [-0.2, 0) is 6.54 Å². The predicted octanol–water partition coefficient (Wildman–Crippen LogP) is 0.732. The Morgan fingerprint density at radius 3 is 2.67 bits per heavy atom. The number of nitrogen functional groups attached to an aromatic ring is 1. The van der Waals surface area contributed by atoms with Crippen LogP contribution in [-0.4, -0.2) is 38.0 Å². The Labute approximate surface area is 108 Å². The summed E-state index contributed by atoms with van der Waals surface area (Å²) in [6, 6.07) is 0. The van der Waals surface area contributed by atoms with Crippen molar-refractivity contribution in [2.45, 2.75) is 20.4 Å². The summed E-state index contributed by atoms with van der Waals surface area (Å²) in [5.41, 5.74) is 6.23. The van der Waals surface area contributed by atoms with Crippen molar-refractivity contribution < 1.29 is 4.79 Å². The van der Waals surface area contributed by atoms with Gasteiger partial charge in [0, 0.05) is 7.05 Å². The van der Waals surface area contributed by atoms with E-state index in [2.05, 4.69) is 20.2 Å². The molecule has 0 aliphatic rings. The number of carbonyl (C=O) groups excluding carboxylic acids is 1. The van der Waals surface area contributed by atoms with E-state index < -0.39 is 0 Å². The first-order chi connectivity index (χ1) is 8.47. The smallest absolute Gasteiger partial charge is 0.266 e. The molecule has 0 bridgehead atoms. The third-order valence-corrected chi connectivity index (χ3v) is 3.35. The molecule has 0 saturated carbocycles. The van der Waals surface area contributed by atoms with Gasteiger partial charge in [-0.3, -0.25) is 9.89 Å². The number of carbonyl (C=O) groups is 1. The minimum Gasteiger partial charge on any atom is -0.375 e.